The van der Waals surface area contributed by atoms with Crippen LogP contribution in [0.15, 0.2) is 94.2 Å². The standard InChI is InChI=1S/C37H37N3O6S/c1-4-45-36(43)32-33(27-8-6-5-7-9-27)38-37-40(34(32)28-14-12-26(13-15-28)24(2)3)35(42)30(47-37)22-25-10-16-29(17-11-25)46-23-31(41)39-18-20-44-21-19-39/h5-17,22,24,34H,4,18-21,23H2,1-3H3/b30-22+/t34-/m0/s1. The van der Waals surface area contributed by atoms with Gasteiger partial charge in [0.15, 0.2) is 11.4 Å². The Morgan fingerprint density at radius 3 is 2.36 bits per heavy atom. The van der Waals surface area contributed by atoms with Crippen LogP contribution in [0.2, 0.25) is 0 Å². The lowest BCUT2D eigenvalue weighted by molar-refractivity contribution is -0.139. The van der Waals surface area contributed by atoms with Crippen molar-refractivity contribution in [3.63, 3.8) is 0 Å². The number of amides is 1. The van der Waals surface area contributed by atoms with Gasteiger partial charge in [-0.05, 0) is 47.7 Å². The van der Waals surface area contributed by atoms with Crippen LogP contribution in [0.3, 0.4) is 0 Å². The lowest BCUT2D eigenvalue weighted by Gasteiger charge is -2.26. The highest BCUT2D eigenvalue weighted by Crippen LogP contribution is 2.35. The number of hydrogen-bond donors (Lipinski definition) is 0. The van der Waals surface area contributed by atoms with E-state index in [1.165, 1.54) is 11.3 Å². The van der Waals surface area contributed by atoms with Crippen molar-refractivity contribution in [2.75, 3.05) is 39.5 Å². The molecule has 0 unspecified atom stereocenters. The highest BCUT2D eigenvalue weighted by atomic mass is 32.1. The zero-order chi connectivity index (χ0) is 32.9. The van der Waals surface area contributed by atoms with Crippen LogP contribution >= 0.6 is 11.3 Å². The molecule has 0 N–H and O–H groups in total. The molecule has 3 heterocycles. The molecule has 4 aromatic rings. The van der Waals surface area contributed by atoms with Gasteiger partial charge < -0.3 is 19.1 Å². The van der Waals surface area contributed by atoms with Crippen LogP contribution in [0.1, 0.15) is 55.0 Å². The highest BCUT2D eigenvalue weighted by Gasteiger charge is 2.35. The number of ether oxygens (including phenoxy) is 3. The molecular weight excluding hydrogens is 614 g/mol. The van der Waals surface area contributed by atoms with E-state index in [1.807, 2.05) is 72.8 Å². The van der Waals surface area contributed by atoms with Gasteiger partial charge in [-0.3, -0.25) is 14.2 Å². The van der Waals surface area contributed by atoms with Crippen molar-refractivity contribution in [2.24, 2.45) is 4.99 Å². The molecule has 3 aromatic carbocycles. The number of fused-ring (bicyclic) bond motifs is 1. The van der Waals surface area contributed by atoms with Gasteiger partial charge in [0.25, 0.3) is 11.5 Å². The summed E-state index contributed by atoms with van der Waals surface area (Å²) in [6, 6.07) is 24.1. The van der Waals surface area contributed by atoms with Crippen LogP contribution in [-0.4, -0.2) is 60.9 Å². The van der Waals surface area contributed by atoms with Gasteiger partial charge in [-0.15, -0.1) is 0 Å². The summed E-state index contributed by atoms with van der Waals surface area (Å²) >= 11 is 1.27. The summed E-state index contributed by atoms with van der Waals surface area (Å²) in [7, 11) is 0. The number of thiazole rings is 1. The summed E-state index contributed by atoms with van der Waals surface area (Å²) in [5.74, 6) is 0.295. The van der Waals surface area contributed by atoms with Gasteiger partial charge >= 0.3 is 5.97 Å². The maximum Gasteiger partial charge on any atom is 0.338 e. The highest BCUT2D eigenvalue weighted by molar-refractivity contribution is 7.07. The van der Waals surface area contributed by atoms with Crippen molar-refractivity contribution >= 4 is 35.0 Å². The van der Waals surface area contributed by atoms with Gasteiger partial charge in [-0.1, -0.05) is 91.9 Å². The van der Waals surface area contributed by atoms with Crippen LogP contribution in [0.5, 0.6) is 5.75 Å². The summed E-state index contributed by atoms with van der Waals surface area (Å²) in [4.78, 5) is 47.5. The number of rotatable bonds is 9. The van der Waals surface area contributed by atoms with E-state index in [0.717, 1.165) is 22.3 Å². The Morgan fingerprint density at radius 1 is 1.00 bits per heavy atom. The average molecular weight is 652 g/mol. The first-order chi connectivity index (χ1) is 22.8. The maximum absolute atomic E-state index is 14.2. The number of esters is 1. The Morgan fingerprint density at radius 2 is 1.70 bits per heavy atom. The van der Waals surface area contributed by atoms with Crippen LogP contribution in [0, 0.1) is 0 Å². The molecule has 2 aliphatic heterocycles. The number of nitrogens with zero attached hydrogens (tertiary/aromatic N) is 3. The Labute approximate surface area is 277 Å². The molecule has 1 aromatic heterocycles. The lowest BCUT2D eigenvalue weighted by atomic mass is 9.91. The number of hydrogen-bond acceptors (Lipinski definition) is 8. The minimum atomic E-state index is -0.733. The minimum absolute atomic E-state index is 0.0529. The number of benzene rings is 3. The van der Waals surface area contributed by atoms with Crippen LogP contribution < -0.4 is 19.6 Å². The maximum atomic E-state index is 14.2. The Kier molecular flexibility index (Phi) is 9.79. The van der Waals surface area contributed by atoms with E-state index >= 15 is 0 Å². The number of carbonyl (C=O) groups is 2. The summed E-state index contributed by atoms with van der Waals surface area (Å²) in [6.07, 6.45) is 1.81. The third kappa shape index (κ3) is 6.99. The molecule has 0 aliphatic carbocycles. The third-order valence-electron chi connectivity index (χ3n) is 8.20. The van der Waals surface area contributed by atoms with Crippen molar-refractivity contribution in [2.45, 2.75) is 32.7 Å². The molecule has 0 radical (unpaired) electrons. The van der Waals surface area contributed by atoms with Crippen LogP contribution in [-0.2, 0) is 19.1 Å². The Bertz CT molecular complexity index is 1960. The van der Waals surface area contributed by atoms with Crippen molar-refractivity contribution in [1.29, 1.82) is 0 Å². The van der Waals surface area contributed by atoms with Crippen molar-refractivity contribution in [3.8, 4) is 5.75 Å². The smallest absolute Gasteiger partial charge is 0.338 e. The van der Waals surface area contributed by atoms with E-state index in [0.29, 0.717) is 58.6 Å². The van der Waals surface area contributed by atoms with E-state index in [2.05, 4.69) is 13.8 Å². The molecule has 1 amide bonds. The predicted octanol–water partition coefficient (Wildman–Crippen LogP) is 4.30. The van der Waals surface area contributed by atoms with E-state index in [4.69, 9.17) is 19.2 Å². The normalized spacial score (nSPS) is 16.6. The molecule has 0 spiro atoms. The van der Waals surface area contributed by atoms with Crippen LogP contribution in [0.4, 0.5) is 0 Å². The second-order valence-corrected chi connectivity index (χ2v) is 12.6. The molecule has 9 nitrogen and oxygen atoms in total. The summed E-state index contributed by atoms with van der Waals surface area (Å²) in [6.45, 7) is 8.35. The van der Waals surface area contributed by atoms with Gasteiger partial charge in [0.1, 0.15) is 5.75 Å². The first kappa shape index (κ1) is 32.2. The molecule has 1 fully saturated rings. The molecular formula is C37H37N3O6S. The average Bonchev–Trinajstić information content (AvgIpc) is 3.41. The largest absolute Gasteiger partial charge is 0.484 e. The molecule has 0 saturated carbocycles. The number of aromatic nitrogens is 1. The SMILES string of the molecule is CCOC(=O)C1=C(c2ccccc2)N=c2s/c(=C/c3ccc(OCC(=O)N4CCOCC4)cc3)c(=O)n2[C@H]1c1ccc(C(C)C)cc1. The van der Waals surface area contributed by atoms with E-state index in [9.17, 15) is 14.4 Å². The molecule has 0 bridgehead atoms. The van der Waals surface area contributed by atoms with Crippen molar-refractivity contribution < 1.29 is 23.8 Å². The van der Waals surface area contributed by atoms with Gasteiger partial charge in [-0.2, -0.15) is 0 Å². The van der Waals surface area contributed by atoms with Crippen molar-refractivity contribution in [1.82, 2.24) is 9.47 Å². The summed E-state index contributed by atoms with van der Waals surface area (Å²) < 4.78 is 18.7. The zero-order valence-electron chi connectivity index (χ0n) is 26.7. The van der Waals surface area contributed by atoms with Crippen LogP contribution in [0.25, 0.3) is 11.8 Å². The molecule has 242 valence electrons. The third-order valence-corrected chi connectivity index (χ3v) is 9.18. The van der Waals surface area contributed by atoms with E-state index in [-0.39, 0.29) is 24.7 Å². The Balaban J connectivity index is 1.39. The zero-order valence-corrected chi connectivity index (χ0v) is 27.5. The quantitative estimate of drug-likeness (QED) is 0.251. The molecule has 10 heteroatoms. The summed E-state index contributed by atoms with van der Waals surface area (Å²) in [5.41, 5.74) is 4.06. The lowest BCUT2D eigenvalue weighted by Crippen LogP contribution is -2.42. The molecule has 6 rings (SSSR count). The fourth-order valence-corrected chi connectivity index (χ4v) is 6.68. The fraction of sp³-hybridized carbons (Fsp3) is 0.297. The van der Waals surface area contributed by atoms with Gasteiger partial charge in [0.2, 0.25) is 0 Å². The molecule has 2 aliphatic rings. The number of carbonyl (C=O) groups excluding carboxylic acids is 2. The predicted molar refractivity (Wildman–Crippen MR) is 181 cm³/mol. The Hall–Kier alpha value is -4.80. The van der Waals surface area contributed by atoms with E-state index < -0.39 is 12.0 Å². The van der Waals surface area contributed by atoms with Gasteiger partial charge in [0.05, 0.1) is 41.7 Å². The van der Waals surface area contributed by atoms with Crippen molar-refractivity contribution in [3.05, 3.63) is 126 Å². The first-order valence-corrected chi connectivity index (χ1v) is 16.6. The topological polar surface area (TPSA) is 99.4 Å². The second-order valence-electron chi connectivity index (χ2n) is 11.6. The molecule has 1 saturated heterocycles. The van der Waals surface area contributed by atoms with Gasteiger partial charge in [-0.25, -0.2) is 9.79 Å². The first-order valence-electron chi connectivity index (χ1n) is 15.8. The summed E-state index contributed by atoms with van der Waals surface area (Å²) in [5, 5.41) is 0. The van der Waals surface area contributed by atoms with Gasteiger partial charge in [0, 0.05) is 18.7 Å². The molecule has 47 heavy (non-hydrogen) atoms. The number of morpholine rings is 1. The molecule has 1 atom stereocenters. The van der Waals surface area contributed by atoms with E-state index in [1.54, 1.807) is 28.5 Å². The second kappa shape index (κ2) is 14.3. The monoisotopic (exact) mass is 651 g/mol. The fourth-order valence-electron chi connectivity index (χ4n) is 5.68. The minimum Gasteiger partial charge on any atom is -0.484 e.